The van der Waals surface area contributed by atoms with Gasteiger partial charge in [-0.3, -0.25) is 14.2 Å². The molecule has 7 nitrogen and oxygen atoms in total. The van der Waals surface area contributed by atoms with Gasteiger partial charge in [0.25, 0.3) is 5.56 Å². The predicted octanol–water partition coefficient (Wildman–Crippen LogP) is 5.56. The number of nitrogens with zero attached hydrogens (tertiary/aromatic N) is 3. The Kier molecular flexibility index (Phi) is 6.84. The average Bonchev–Trinajstić information content (AvgIpc) is 3.36. The van der Waals surface area contributed by atoms with E-state index in [1.54, 1.807) is 31.4 Å². The van der Waals surface area contributed by atoms with Crippen molar-refractivity contribution in [2.24, 2.45) is 0 Å². The van der Waals surface area contributed by atoms with Crippen molar-refractivity contribution in [2.45, 2.75) is 12.1 Å². The Hall–Kier alpha value is -3.95. The van der Waals surface area contributed by atoms with E-state index in [2.05, 4.69) is 15.3 Å². The Morgan fingerprint density at radius 2 is 1.86 bits per heavy atom. The highest BCUT2D eigenvalue weighted by molar-refractivity contribution is 7.99. The van der Waals surface area contributed by atoms with Crippen molar-refractivity contribution in [1.82, 2.24) is 14.5 Å². The van der Waals surface area contributed by atoms with Gasteiger partial charge in [-0.1, -0.05) is 59.8 Å². The van der Waals surface area contributed by atoms with Crippen LogP contribution < -0.4 is 15.6 Å². The van der Waals surface area contributed by atoms with Gasteiger partial charge in [-0.15, -0.1) is 11.3 Å². The van der Waals surface area contributed by atoms with Gasteiger partial charge in [-0.25, -0.2) is 9.97 Å². The molecule has 0 spiro atoms. The van der Waals surface area contributed by atoms with Gasteiger partial charge in [-0.2, -0.15) is 0 Å². The highest BCUT2D eigenvalue weighted by atomic mass is 32.2. The molecule has 0 bridgehead atoms. The highest BCUT2D eigenvalue weighted by Gasteiger charge is 2.16. The fraction of sp³-hybridized carbons (Fsp3) is 0.111. The summed E-state index contributed by atoms with van der Waals surface area (Å²) >= 11 is 2.56. The molecule has 0 aliphatic heterocycles. The first-order valence-corrected chi connectivity index (χ1v) is 13.0. The largest absolute Gasteiger partial charge is 0.497 e. The first-order valence-electron chi connectivity index (χ1n) is 11.1. The first kappa shape index (κ1) is 23.8. The van der Waals surface area contributed by atoms with Crippen LogP contribution >= 0.6 is 23.1 Å². The molecule has 36 heavy (non-hydrogen) atoms. The second kappa shape index (κ2) is 10.3. The van der Waals surface area contributed by atoms with Crippen LogP contribution in [0, 0.1) is 6.92 Å². The molecule has 2 heterocycles. The lowest BCUT2D eigenvalue weighted by Crippen LogP contribution is -2.23. The fourth-order valence-corrected chi connectivity index (χ4v) is 5.21. The van der Waals surface area contributed by atoms with Gasteiger partial charge < -0.3 is 10.1 Å². The zero-order valence-corrected chi connectivity index (χ0v) is 21.2. The summed E-state index contributed by atoms with van der Waals surface area (Å²) in [7, 11) is 1.57. The summed E-state index contributed by atoms with van der Waals surface area (Å²) in [5.74, 6) is 0.451. The van der Waals surface area contributed by atoms with E-state index in [4.69, 9.17) is 4.74 Å². The van der Waals surface area contributed by atoms with E-state index in [0.717, 1.165) is 11.3 Å². The Morgan fingerprint density at radius 3 is 2.67 bits per heavy atom. The number of carbonyl (C=O) groups is 1. The minimum absolute atomic E-state index is 0.0637. The maximum absolute atomic E-state index is 13.4. The zero-order valence-electron chi connectivity index (χ0n) is 19.6. The van der Waals surface area contributed by atoms with Gasteiger partial charge in [0.05, 0.1) is 35.1 Å². The molecular formula is C27H22N4O3S2. The molecule has 0 saturated carbocycles. The van der Waals surface area contributed by atoms with Crippen LogP contribution in [0.15, 0.2) is 88.1 Å². The van der Waals surface area contributed by atoms with Crippen LogP contribution in [0.25, 0.3) is 27.8 Å². The molecule has 9 heteroatoms. The van der Waals surface area contributed by atoms with E-state index in [0.29, 0.717) is 32.6 Å². The van der Waals surface area contributed by atoms with Crippen LogP contribution in [0.3, 0.4) is 0 Å². The van der Waals surface area contributed by atoms with Gasteiger partial charge >= 0.3 is 0 Å². The van der Waals surface area contributed by atoms with Crippen molar-refractivity contribution in [2.75, 3.05) is 18.2 Å². The monoisotopic (exact) mass is 514 g/mol. The number of aryl methyl sites for hydroxylation is 1. The molecule has 0 radical (unpaired) electrons. The number of thioether (sulfide) groups is 1. The second-order valence-corrected chi connectivity index (χ2v) is 9.79. The number of aromatic nitrogens is 3. The van der Waals surface area contributed by atoms with Crippen molar-refractivity contribution < 1.29 is 9.53 Å². The quantitative estimate of drug-likeness (QED) is 0.226. The lowest BCUT2D eigenvalue weighted by molar-refractivity contribution is -0.113. The molecule has 180 valence electrons. The maximum atomic E-state index is 13.4. The van der Waals surface area contributed by atoms with Crippen LogP contribution in [-0.2, 0) is 4.79 Å². The number of amides is 1. The molecule has 1 amide bonds. The molecule has 0 atom stereocenters. The fourth-order valence-electron chi connectivity index (χ4n) is 3.66. The van der Waals surface area contributed by atoms with E-state index in [9.17, 15) is 9.59 Å². The Bertz CT molecular complexity index is 1610. The third-order valence-electron chi connectivity index (χ3n) is 5.49. The summed E-state index contributed by atoms with van der Waals surface area (Å²) in [6, 6.07) is 22.5. The standard InChI is InChI=1S/C27H22N4O3S2/c1-17-10-12-18(13-11-17)23-15-35-26(28-23)30-24(32)16-36-27-29-22-9-4-3-8-21(22)25(33)31(27)19-6-5-7-20(14-19)34-2/h3-15H,16H2,1-2H3,(H,28,30,32). The van der Waals surface area contributed by atoms with E-state index < -0.39 is 0 Å². The molecule has 0 fully saturated rings. The summed E-state index contributed by atoms with van der Waals surface area (Å²) < 4.78 is 6.85. The lowest BCUT2D eigenvalue weighted by atomic mass is 10.1. The molecule has 0 unspecified atom stereocenters. The maximum Gasteiger partial charge on any atom is 0.266 e. The van der Waals surface area contributed by atoms with Gasteiger partial charge in [0.1, 0.15) is 5.75 Å². The number of ether oxygens (including phenoxy) is 1. The lowest BCUT2D eigenvalue weighted by Gasteiger charge is -2.14. The number of hydrogen-bond donors (Lipinski definition) is 1. The number of para-hydroxylation sites is 1. The molecule has 1 N–H and O–H groups in total. The number of fused-ring (bicyclic) bond motifs is 1. The molecule has 5 rings (SSSR count). The molecule has 0 saturated heterocycles. The number of thiazole rings is 1. The van der Waals surface area contributed by atoms with E-state index in [1.807, 2.05) is 60.8 Å². The summed E-state index contributed by atoms with van der Waals surface area (Å²) in [5.41, 5.74) is 3.96. The number of carbonyl (C=O) groups excluding carboxylic acids is 1. The number of anilines is 1. The smallest absolute Gasteiger partial charge is 0.266 e. The summed E-state index contributed by atoms with van der Waals surface area (Å²) in [6.07, 6.45) is 0. The van der Waals surface area contributed by atoms with Crippen LogP contribution in [-0.4, -0.2) is 33.3 Å². The molecular weight excluding hydrogens is 492 g/mol. The number of benzene rings is 3. The Balaban J connectivity index is 1.39. The number of rotatable bonds is 7. The van der Waals surface area contributed by atoms with Gasteiger partial charge in [0.2, 0.25) is 5.91 Å². The predicted molar refractivity (Wildman–Crippen MR) is 146 cm³/mol. The summed E-state index contributed by atoms with van der Waals surface area (Å²) in [5, 5.41) is 6.21. The molecule has 0 aliphatic rings. The average molecular weight is 515 g/mol. The third-order valence-corrected chi connectivity index (χ3v) is 7.18. The van der Waals surface area contributed by atoms with Gasteiger partial charge in [0, 0.05) is 17.0 Å². The van der Waals surface area contributed by atoms with Crippen molar-refractivity contribution in [3.63, 3.8) is 0 Å². The van der Waals surface area contributed by atoms with E-state index >= 15 is 0 Å². The van der Waals surface area contributed by atoms with Crippen LogP contribution in [0.2, 0.25) is 0 Å². The van der Waals surface area contributed by atoms with Crippen molar-refractivity contribution >= 4 is 45.0 Å². The Labute approximate surface area is 215 Å². The zero-order chi connectivity index (χ0) is 25.1. The SMILES string of the molecule is COc1cccc(-n2c(SCC(=O)Nc3nc(-c4ccc(C)cc4)cs3)nc3ccccc3c2=O)c1. The molecule has 5 aromatic rings. The highest BCUT2D eigenvalue weighted by Crippen LogP contribution is 2.27. The Morgan fingerprint density at radius 1 is 1.06 bits per heavy atom. The number of nitrogens with one attached hydrogen (secondary N) is 1. The topological polar surface area (TPSA) is 86.1 Å². The van der Waals surface area contributed by atoms with Crippen LogP contribution in [0.4, 0.5) is 5.13 Å². The van der Waals surface area contributed by atoms with E-state index in [-0.39, 0.29) is 17.2 Å². The minimum atomic E-state index is -0.232. The summed E-state index contributed by atoms with van der Waals surface area (Å²) in [6.45, 7) is 2.03. The normalized spacial score (nSPS) is 10.9. The number of methoxy groups -OCH3 is 1. The van der Waals surface area contributed by atoms with Gasteiger partial charge in [0.15, 0.2) is 10.3 Å². The van der Waals surface area contributed by atoms with Crippen molar-refractivity contribution in [1.29, 1.82) is 0 Å². The van der Waals surface area contributed by atoms with Crippen LogP contribution in [0.5, 0.6) is 5.75 Å². The molecule has 2 aromatic heterocycles. The van der Waals surface area contributed by atoms with Crippen LogP contribution in [0.1, 0.15) is 5.56 Å². The van der Waals surface area contributed by atoms with E-state index in [1.165, 1.54) is 33.2 Å². The number of hydrogen-bond acceptors (Lipinski definition) is 7. The van der Waals surface area contributed by atoms with Gasteiger partial charge in [-0.05, 0) is 31.2 Å². The third kappa shape index (κ3) is 5.02. The first-order chi connectivity index (χ1) is 17.5. The second-order valence-electron chi connectivity index (χ2n) is 7.99. The van der Waals surface area contributed by atoms with Crippen molar-refractivity contribution in [3.05, 3.63) is 94.1 Å². The van der Waals surface area contributed by atoms with Crippen molar-refractivity contribution in [3.8, 4) is 22.7 Å². The molecule has 3 aromatic carbocycles. The summed E-state index contributed by atoms with van der Waals surface area (Å²) in [4.78, 5) is 35.4. The molecule has 0 aliphatic carbocycles. The minimum Gasteiger partial charge on any atom is -0.497 e.